The Morgan fingerprint density at radius 1 is 1.33 bits per heavy atom. The summed E-state index contributed by atoms with van der Waals surface area (Å²) in [5, 5.41) is 0.654. The van der Waals surface area contributed by atoms with Gasteiger partial charge in [0.15, 0.2) is 0 Å². The molecule has 0 atom stereocenters. The Morgan fingerprint density at radius 3 is 2.73 bits per heavy atom. The van der Waals surface area contributed by atoms with Gasteiger partial charge in [-0.05, 0) is 18.6 Å². The second-order valence-corrected chi connectivity index (χ2v) is 3.29. The van der Waals surface area contributed by atoms with Crippen molar-refractivity contribution in [1.29, 1.82) is 0 Å². The minimum atomic E-state index is -0.971. The van der Waals surface area contributed by atoms with E-state index in [4.69, 9.17) is 10.2 Å². The zero-order valence-corrected chi connectivity index (χ0v) is 8.11. The molecule has 1 aromatic heterocycles. The number of aryl methyl sites for hydroxylation is 1. The first-order valence-corrected chi connectivity index (χ1v) is 4.42. The molecule has 0 aliphatic carbocycles. The number of hydrogen-bond donors (Lipinski definition) is 1. The highest BCUT2D eigenvalue weighted by atomic mass is 16.3. The summed E-state index contributed by atoms with van der Waals surface area (Å²) < 4.78 is 5.17. The van der Waals surface area contributed by atoms with Gasteiger partial charge in [0, 0.05) is 5.39 Å². The molecule has 4 nitrogen and oxygen atoms in total. The molecule has 0 bridgehead atoms. The van der Waals surface area contributed by atoms with Gasteiger partial charge >= 0.3 is 0 Å². The van der Waals surface area contributed by atoms with Gasteiger partial charge in [0.2, 0.25) is 0 Å². The third-order valence-electron chi connectivity index (χ3n) is 2.28. The number of furan rings is 1. The largest absolute Gasteiger partial charge is 0.464 e. The van der Waals surface area contributed by atoms with Crippen LogP contribution in [0.3, 0.4) is 0 Å². The van der Waals surface area contributed by atoms with Crippen molar-refractivity contribution >= 4 is 22.7 Å². The van der Waals surface area contributed by atoms with E-state index in [-0.39, 0.29) is 5.56 Å². The Labute approximate surface area is 85.7 Å². The zero-order chi connectivity index (χ0) is 11.0. The van der Waals surface area contributed by atoms with Crippen LogP contribution in [-0.2, 0) is 4.79 Å². The molecule has 2 rings (SSSR count). The van der Waals surface area contributed by atoms with Crippen molar-refractivity contribution in [2.45, 2.75) is 6.92 Å². The number of amides is 1. The second-order valence-electron chi connectivity index (χ2n) is 3.29. The van der Waals surface area contributed by atoms with Crippen LogP contribution in [0.15, 0.2) is 28.9 Å². The molecule has 1 amide bonds. The lowest BCUT2D eigenvalue weighted by Gasteiger charge is -1.96. The minimum absolute atomic E-state index is 0.232. The van der Waals surface area contributed by atoms with Crippen molar-refractivity contribution < 1.29 is 14.0 Å². The minimum Gasteiger partial charge on any atom is -0.464 e. The average Bonchev–Trinajstić information content (AvgIpc) is 2.61. The molecule has 0 aliphatic heterocycles. The Bertz CT molecular complexity index is 554. The summed E-state index contributed by atoms with van der Waals surface area (Å²) in [6.45, 7) is 1.84. The fraction of sp³-hybridized carbons (Fsp3) is 0.0909. The van der Waals surface area contributed by atoms with E-state index in [1.165, 1.54) is 6.26 Å². The van der Waals surface area contributed by atoms with E-state index in [1.54, 1.807) is 6.07 Å². The second kappa shape index (κ2) is 3.24. The zero-order valence-electron chi connectivity index (χ0n) is 8.11. The van der Waals surface area contributed by atoms with Crippen molar-refractivity contribution in [2.24, 2.45) is 5.73 Å². The molecule has 0 aliphatic rings. The number of fused-ring (bicyclic) bond motifs is 1. The maximum Gasteiger partial charge on any atom is 0.289 e. The lowest BCUT2D eigenvalue weighted by Crippen LogP contribution is -2.22. The maximum atomic E-state index is 11.4. The molecular formula is C11H9NO3. The van der Waals surface area contributed by atoms with Gasteiger partial charge in [-0.15, -0.1) is 0 Å². The number of ketones is 1. The van der Waals surface area contributed by atoms with Gasteiger partial charge < -0.3 is 10.2 Å². The van der Waals surface area contributed by atoms with Gasteiger partial charge in [0.25, 0.3) is 11.7 Å². The molecule has 2 aromatic rings. The van der Waals surface area contributed by atoms with E-state index >= 15 is 0 Å². The molecule has 2 N–H and O–H groups in total. The number of primary amides is 1. The van der Waals surface area contributed by atoms with Crippen molar-refractivity contribution in [3.63, 3.8) is 0 Å². The molecule has 0 unspecified atom stereocenters. The fourth-order valence-corrected chi connectivity index (χ4v) is 1.57. The Kier molecular flexibility index (Phi) is 2.04. The molecule has 1 aromatic carbocycles. The number of nitrogens with two attached hydrogens (primary N) is 1. The lowest BCUT2D eigenvalue weighted by molar-refractivity contribution is -0.114. The van der Waals surface area contributed by atoms with Crippen LogP contribution in [0.2, 0.25) is 0 Å². The molecule has 0 saturated carbocycles. The van der Waals surface area contributed by atoms with Gasteiger partial charge in [-0.25, -0.2) is 0 Å². The van der Waals surface area contributed by atoms with E-state index in [9.17, 15) is 9.59 Å². The van der Waals surface area contributed by atoms with Crippen LogP contribution >= 0.6 is 0 Å². The highest BCUT2D eigenvalue weighted by Crippen LogP contribution is 2.24. The molecule has 4 heteroatoms. The monoisotopic (exact) mass is 203 g/mol. The molecule has 1 heterocycles. The Morgan fingerprint density at radius 2 is 2.07 bits per heavy atom. The summed E-state index contributed by atoms with van der Waals surface area (Å²) in [6.07, 6.45) is 1.27. The van der Waals surface area contributed by atoms with Gasteiger partial charge in [0.05, 0.1) is 5.56 Å². The average molecular weight is 203 g/mol. The summed E-state index contributed by atoms with van der Waals surface area (Å²) in [5.41, 5.74) is 6.63. The van der Waals surface area contributed by atoms with Gasteiger partial charge in [0.1, 0.15) is 11.8 Å². The number of rotatable bonds is 2. The van der Waals surface area contributed by atoms with Crippen LogP contribution in [-0.4, -0.2) is 11.7 Å². The number of benzene rings is 1. The Balaban J connectivity index is 2.73. The summed E-state index contributed by atoms with van der Waals surface area (Å²) in [4.78, 5) is 22.2. The number of carbonyl (C=O) groups is 2. The number of carbonyl (C=O) groups excluding carboxylic acids is 2. The van der Waals surface area contributed by atoms with Crippen LogP contribution in [0.5, 0.6) is 0 Å². The molecule has 0 saturated heterocycles. The molecule has 0 spiro atoms. The maximum absolute atomic E-state index is 11.4. The third-order valence-corrected chi connectivity index (χ3v) is 2.28. The highest BCUT2D eigenvalue weighted by molar-refractivity contribution is 6.44. The first-order chi connectivity index (χ1) is 7.11. The Hall–Kier alpha value is -2.10. The summed E-state index contributed by atoms with van der Waals surface area (Å²) >= 11 is 0. The van der Waals surface area contributed by atoms with Crippen LogP contribution in [0.25, 0.3) is 11.0 Å². The number of Topliss-reactive ketones (excluding diaryl/α,β-unsaturated/α-hetero) is 1. The van der Waals surface area contributed by atoms with Gasteiger partial charge in [-0.1, -0.05) is 12.1 Å². The summed E-state index contributed by atoms with van der Waals surface area (Å²) in [6, 6.07) is 5.40. The van der Waals surface area contributed by atoms with Crippen LogP contribution in [0.1, 0.15) is 15.9 Å². The van der Waals surface area contributed by atoms with Crippen molar-refractivity contribution in [2.75, 3.05) is 0 Å². The van der Waals surface area contributed by atoms with Gasteiger partial charge in [-0.3, -0.25) is 9.59 Å². The summed E-state index contributed by atoms with van der Waals surface area (Å²) in [7, 11) is 0. The first-order valence-electron chi connectivity index (χ1n) is 4.42. The molecule has 0 fully saturated rings. The van der Waals surface area contributed by atoms with Gasteiger partial charge in [-0.2, -0.15) is 0 Å². The molecule has 15 heavy (non-hydrogen) atoms. The van der Waals surface area contributed by atoms with Crippen LogP contribution < -0.4 is 5.73 Å². The lowest BCUT2D eigenvalue weighted by atomic mass is 10.0. The smallest absolute Gasteiger partial charge is 0.289 e. The van der Waals surface area contributed by atoms with E-state index in [0.29, 0.717) is 11.0 Å². The highest BCUT2D eigenvalue weighted by Gasteiger charge is 2.19. The standard InChI is InChI=1S/C11H9NO3/c1-6-3-2-4-8-9(6)7(5-15-8)10(13)11(12)14/h2-5H,1H3,(H2,12,14). The van der Waals surface area contributed by atoms with E-state index in [0.717, 1.165) is 5.56 Å². The van der Waals surface area contributed by atoms with Crippen LogP contribution in [0, 0.1) is 6.92 Å². The van der Waals surface area contributed by atoms with Crippen molar-refractivity contribution in [3.05, 3.63) is 35.6 Å². The van der Waals surface area contributed by atoms with E-state index in [1.807, 2.05) is 19.1 Å². The normalized spacial score (nSPS) is 10.5. The van der Waals surface area contributed by atoms with Crippen molar-refractivity contribution in [3.8, 4) is 0 Å². The molecule has 0 radical (unpaired) electrons. The predicted molar refractivity (Wildman–Crippen MR) is 54.5 cm³/mol. The SMILES string of the molecule is Cc1cccc2occ(C(=O)C(N)=O)c12. The van der Waals surface area contributed by atoms with Crippen LogP contribution in [0.4, 0.5) is 0 Å². The van der Waals surface area contributed by atoms with E-state index < -0.39 is 11.7 Å². The van der Waals surface area contributed by atoms with E-state index in [2.05, 4.69) is 0 Å². The molecular weight excluding hydrogens is 194 g/mol. The first kappa shape index (κ1) is 9.45. The fourth-order valence-electron chi connectivity index (χ4n) is 1.57. The van der Waals surface area contributed by atoms with Crippen molar-refractivity contribution in [1.82, 2.24) is 0 Å². The quantitative estimate of drug-likeness (QED) is 0.592. The number of hydrogen-bond acceptors (Lipinski definition) is 3. The topological polar surface area (TPSA) is 73.3 Å². The predicted octanol–water partition coefficient (Wildman–Crippen LogP) is 1.41. The molecule has 76 valence electrons. The third kappa shape index (κ3) is 1.40. The summed E-state index contributed by atoms with van der Waals surface area (Å²) in [5.74, 6) is -1.69.